The number of halogens is 1. The Kier molecular flexibility index (Phi) is 4.82. The first-order chi connectivity index (χ1) is 9.06. The van der Waals surface area contributed by atoms with Crippen LogP contribution in [0.4, 0.5) is 4.39 Å². The minimum atomic E-state index is -0.374. The van der Waals surface area contributed by atoms with Crippen LogP contribution in [0.1, 0.15) is 13.3 Å². The van der Waals surface area contributed by atoms with Gasteiger partial charge in [-0.1, -0.05) is 6.92 Å². The maximum absolute atomic E-state index is 12.8. The van der Waals surface area contributed by atoms with E-state index in [4.69, 9.17) is 0 Å². The van der Waals surface area contributed by atoms with E-state index in [1.807, 2.05) is 6.92 Å². The van der Waals surface area contributed by atoms with Gasteiger partial charge in [0.2, 0.25) is 5.91 Å². The first kappa shape index (κ1) is 14.3. The molecule has 1 aliphatic rings. The zero-order chi connectivity index (χ0) is 13.8. The molecule has 0 spiro atoms. The molecule has 5 heteroatoms. The quantitative estimate of drug-likeness (QED) is 0.861. The molecule has 1 amide bonds. The number of rotatable bonds is 4. The van der Waals surface area contributed by atoms with Gasteiger partial charge in [0.05, 0.1) is 6.10 Å². The van der Waals surface area contributed by atoms with E-state index in [0.29, 0.717) is 25.3 Å². The van der Waals surface area contributed by atoms with Gasteiger partial charge in [-0.3, -0.25) is 4.79 Å². The Bertz CT molecular complexity index is 438. The Hall–Kier alpha value is -1.07. The summed E-state index contributed by atoms with van der Waals surface area (Å²) in [4.78, 5) is 14.8. The second-order valence-electron chi connectivity index (χ2n) is 4.89. The number of nitrogens with zero attached hydrogens (tertiary/aromatic N) is 1. The molecular formula is C14H18FNO2S. The maximum Gasteiger partial charge on any atom is 0.226 e. The minimum absolute atomic E-state index is 0.0890. The van der Waals surface area contributed by atoms with E-state index >= 15 is 0 Å². The van der Waals surface area contributed by atoms with Crippen LogP contribution in [0.5, 0.6) is 0 Å². The van der Waals surface area contributed by atoms with Crippen LogP contribution >= 0.6 is 11.8 Å². The van der Waals surface area contributed by atoms with Gasteiger partial charge in [-0.25, -0.2) is 4.39 Å². The molecule has 0 aliphatic carbocycles. The van der Waals surface area contributed by atoms with Gasteiger partial charge in [-0.2, -0.15) is 0 Å². The number of benzene rings is 1. The number of hydrogen-bond donors (Lipinski definition) is 1. The summed E-state index contributed by atoms with van der Waals surface area (Å²) in [6.07, 6.45) is 0.296. The second kappa shape index (κ2) is 6.39. The normalized spacial score (nSPS) is 20.6. The van der Waals surface area contributed by atoms with Crippen LogP contribution in [-0.2, 0) is 4.79 Å². The Morgan fingerprint density at radius 1 is 1.53 bits per heavy atom. The molecule has 1 N–H and O–H groups in total. The molecule has 1 fully saturated rings. The van der Waals surface area contributed by atoms with Crippen LogP contribution in [0.15, 0.2) is 29.2 Å². The number of β-amino-alcohol motifs (C(OH)–C–C–N with tert-alkyl or cyclic N) is 1. The fourth-order valence-electron chi connectivity index (χ4n) is 2.08. The smallest absolute Gasteiger partial charge is 0.226 e. The van der Waals surface area contributed by atoms with Crippen molar-refractivity contribution in [2.24, 2.45) is 5.92 Å². The Morgan fingerprint density at radius 3 is 2.79 bits per heavy atom. The molecule has 1 heterocycles. The van der Waals surface area contributed by atoms with Gasteiger partial charge in [-0.05, 0) is 30.7 Å². The third-order valence-electron chi connectivity index (χ3n) is 3.21. The number of amides is 1. The fourth-order valence-corrected chi connectivity index (χ4v) is 2.99. The van der Waals surface area contributed by atoms with E-state index in [1.165, 1.54) is 12.1 Å². The van der Waals surface area contributed by atoms with E-state index in [1.54, 1.807) is 28.8 Å². The van der Waals surface area contributed by atoms with Crippen molar-refractivity contribution in [3.05, 3.63) is 30.1 Å². The monoisotopic (exact) mass is 283 g/mol. The lowest BCUT2D eigenvalue weighted by Gasteiger charge is -2.20. The van der Waals surface area contributed by atoms with E-state index in [9.17, 15) is 14.3 Å². The van der Waals surface area contributed by atoms with E-state index < -0.39 is 0 Å². The first-order valence-electron chi connectivity index (χ1n) is 6.41. The van der Waals surface area contributed by atoms with E-state index in [-0.39, 0.29) is 23.7 Å². The van der Waals surface area contributed by atoms with Gasteiger partial charge in [0, 0.05) is 29.7 Å². The van der Waals surface area contributed by atoms with Crippen molar-refractivity contribution in [1.29, 1.82) is 0 Å². The molecule has 1 aromatic rings. The van der Waals surface area contributed by atoms with Crippen LogP contribution in [0.2, 0.25) is 0 Å². The summed E-state index contributed by atoms with van der Waals surface area (Å²) in [6.45, 7) is 2.99. The van der Waals surface area contributed by atoms with Crippen molar-refractivity contribution < 1.29 is 14.3 Å². The number of aliphatic hydroxyl groups excluding tert-OH is 1. The molecule has 2 rings (SSSR count). The second-order valence-corrected chi connectivity index (χ2v) is 5.99. The van der Waals surface area contributed by atoms with Gasteiger partial charge in [0.25, 0.3) is 0 Å². The molecule has 1 saturated heterocycles. The largest absolute Gasteiger partial charge is 0.391 e. The highest BCUT2D eigenvalue weighted by Gasteiger charge is 2.27. The van der Waals surface area contributed by atoms with E-state index in [0.717, 1.165) is 4.90 Å². The topological polar surface area (TPSA) is 40.5 Å². The average molecular weight is 283 g/mol. The fraction of sp³-hybridized carbons (Fsp3) is 0.500. The van der Waals surface area contributed by atoms with Crippen molar-refractivity contribution in [2.75, 3.05) is 18.8 Å². The predicted molar refractivity (Wildman–Crippen MR) is 73.5 cm³/mol. The number of thioether (sulfide) groups is 1. The number of likely N-dealkylation sites (tertiary alicyclic amines) is 1. The SMILES string of the molecule is CC(CSc1ccc(F)cc1)C(=O)N1CC[C@@H](O)C1. The molecular weight excluding hydrogens is 265 g/mol. The van der Waals surface area contributed by atoms with Crippen molar-refractivity contribution in [1.82, 2.24) is 4.90 Å². The number of hydrogen-bond acceptors (Lipinski definition) is 3. The molecule has 1 aromatic carbocycles. The summed E-state index contributed by atoms with van der Waals surface area (Å²) in [6, 6.07) is 6.28. The summed E-state index contributed by atoms with van der Waals surface area (Å²) in [5.74, 6) is 0.405. The standard InChI is InChI=1S/C14H18FNO2S/c1-10(14(18)16-7-6-12(17)8-16)9-19-13-4-2-11(15)3-5-13/h2-5,10,12,17H,6-9H2,1H3/t10?,12-/m1/s1. The van der Waals surface area contributed by atoms with Crippen molar-refractivity contribution in [3.8, 4) is 0 Å². The summed E-state index contributed by atoms with van der Waals surface area (Å²) < 4.78 is 12.8. The molecule has 104 valence electrons. The molecule has 0 radical (unpaired) electrons. The van der Waals surface area contributed by atoms with Gasteiger partial charge >= 0.3 is 0 Å². The third kappa shape index (κ3) is 3.94. The highest BCUT2D eigenvalue weighted by molar-refractivity contribution is 7.99. The maximum atomic E-state index is 12.8. The zero-order valence-electron chi connectivity index (χ0n) is 10.9. The molecule has 0 aromatic heterocycles. The number of aliphatic hydroxyl groups is 1. The number of carbonyl (C=O) groups excluding carboxylic acids is 1. The van der Waals surface area contributed by atoms with Crippen LogP contribution < -0.4 is 0 Å². The summed E-state index contributed by atoms with van der Waals surface area (Å²) in [5, 5.41) is 9.43. The molecule has 0 saturated carbocycles. The average Bonchev–Trinajstić information content (AvgIpc) is 2.83. The lowest BCUT2D eigenvalue weighted by atomic mass is 10.2. The predicted octanol–water partition coefficient (Wildman–Crippen LogP) is 2.15. The first-order valence-corrected chi connectivity index (χ1v) is 7.40. The highest BCUT2D eigenvalue weighted by Crippen LogP contribution is 2.22. The summed E-state index contributed by atoms with van der Waals surface area (Å²) >= 11 is 1.55. The molecule has 1 aliphatic heterocycles. The molecule has 19 heavy (non-hydrogen) atoms. The Labute approximate surface area is 116 Å². The highest BCUT2D eigenvalue weighted by atomic mass is 32.2. The minimum Gasteiger partial charge on any atom is -0.391 e. The van der Waals surface area contributed by atoms with Crippen LogP contribution in [0.25, 0.3) is 0 Å². The van der Waals surface area contributed by atoms with Crippen LogP contribution in [0.3, 0.4) is 0 Å². The van der Waals surface area contributed by atoms with E-state index in [2.05, 4.69) is 0 Å². The van der Waals surface area contributed by atoms with Gasteiger partial charge in [0.1, 0.15) is 5.82 Å². The van der Waals surface area contributed by atoms with Gasteiger partial charge in [-0.15, -0.1) is 11.8 Å². The van der Waals surface area contributed by atoms with Gasteiger partial charge < -0.3 is 10.0 Å². The zero-order valence-corrected chi connectivity index (χ0v) is 11.7. The van der Waals surface area contributed by atoms with Crippen LogP contribution in [0, 0.1) is 11.7 Å². The van der Waals surface area contributed by atoms with Crippen LogP contribution in [-0.4, -0.2) is 40.9 Å². The Balaban J connectivity index is 1.82. The summed E-state index contributed by atoms with van der Waals surface area (Å²) in [7, 11) is 0. The van der Waals surface area contributed by atoms with Crippen molar-refractivity contribution in [2.45, 2.75) is 24.3 Å². The lowest BCUT2D eigenvalue weighted by molar-refractivity contribution is -0.133. The number of carbonyl (C=O) groups is 1. The van der Waals surface area contributed by atoms with Crippen molar-refractivity contribution in [3.63, 3.8) is 0 Å². The summed E-state index contributed by atoms with van der Waals surface area (Å²) in [5.41, 5.74) is 0. The van der Waals surface area contributed by atoms with Crippen molar-refractivity contribution >= 4 is 17.7 Å². The lowest BCUT2D eigenvalue weighted by Crippen LogP contribution is -2.34. The van der Waals surface area contributed by atoms with Gasteiger partial charge in [0.15, 0.2) is 0 Å². The molecule has 0 bridgehead atoms. The molecule has 1 unspecified atom stereocenters. The third-order valence-corrected chi connectivity index (χ3v) is 4.48. The molecule has 2 atom stereocenters. The molecule has 3 nitrogen and oxygen atoms in total. The Morgan fingerprint density at radius 2 is 2.21 bits per heavy atom.